The highest BCUT2D eigenvalue weighted by molar-refractivity contribution is 5.79. The molecule has 2 amide bonds. The van der Waals surface area contributed by atoms with Crippen molar-refractivity contribution in [3.63, 3.8) is 0 Å². The van der Waals surface area contributed by atoms with Crippen molar-refractivity contribution in [1.82, 2.24) is 14.8 Å². The van der Waals surface area contributed by atoms with Gasteiger partial charge in [0.1, 0.15) is 0 Å². The first-order chi connectivity index (χ1) is 13.2. The van der Waals surface area contributed by atoms with Crippen LogP contribution in [0, 0.1) is 11.3 Å². The molecule has 4 heterocycles. The molecule has 3 fully saturated rings. The van der Waals surface area contributed by atoms with Crippen LogP contribution in [0.15, 0.2) is 24.4 Å². The van der Waals surface area contributed by atoms with E-state index >= 15 is 0 Å². The van der Waals surface area contributed by atoms with Crippen LogP contribution >= 0.6 is 0 Å². The number of hydrogen-bond acceptors (Lipinski definition) is 4. The molecule has 1 spiro atoms. The summed E-state index contributed by atoms with van der Waals surface area (Å²) >= 11 is 0. The predicted octanol–water partition coefficient (Wildman–Crippen LogP) is 2.24. The van der Waals surface area contributed by atoms with Gasteiger partial charge in [0.2, 0.25) is 11.8 Å². The summed E-state index contributed by atoms with van der Waals surface area (Å²) in [5, 5.41) is 0. The Bertz CT molecular complexity index is 675. The van der Waals surface area contributed by atoms with Gasteiger partial charge in [0.15, 0.2) is 0 Å². The first kappa shape index (κ1) is 18.4. The summed E-state index contributed by atoms with van der Waals surface area (Å²) < 4.78 is 5.41. The van der Waals surface area contributed by atoms with E-state index in [1.807, 2.05) is 23.1 Å². The highest BCUT2D eigenvalue weighted by Gasteiger charge is 2.43. The molecule has 0 aromatic carbocycles. The van der Waals surface area contributed by atoms with Crippen LogP contribution in [0.3, 0.4) is 0 Å². The number of likely N-dealkylation sites (tertiary alicyclic amines) is 2. The largest absolute Gasteiger partial charge is 0.381 e. The second-order valence-corrected chi connectivity index (χ2v) is 8.32. The van der Waals surface area contributed by atoms with Gasteiger partial charge in [-0.15, -0.1) is 0 Å². The van der Waals surface area contributed by atoms with Gasteiger partial charge in [-0.1, -0.05) is 6.07 Å². The molecule has 0 aliphatic carbocycles. The molecule has 1 unspecified atom stereocenters. The predicted molar refractivity (Wildman–Crippen MR) is 101 cm³/mol. The zero-order chi connectivity index (χ0) is 18.7. The lowest BCUT2D eigenvalue weighted by atomic mass is 9.73. The van der Waals surface area contributed by atoms with Crippen molar-refractivity contribution in [3.05, 3.63) is 30.1 Å². The Morgan fingerprint density at radius 2 is 2.07 bits per heavy atom. The number of carbonyl (C=O) groups is 2. The highest BCUT2D eigenvalue weighted by atomic mass is 16.5. The molecule has 6 nitrogen and oxygen atoms in total. The van der Waals surface area contributed by atoms with Crippen molar-refractivity contribution in [2.24, 2.45) is 11.3 Å². The highest BCUT2D eigenvalue weighted by Crippen LogP contribution is 2.40. The Labute approximate surface area is 160 Å². The Morgan fingerprint density at radius 3 is 2.85 bits per heavy atom. The van der Waals surface area contributed by atoms with Crippen LogP contribution in [0.5, 0.6) is 0 Å². The Hall–Kier alpha value is -1.95. The second kappa shape index (κ2) is 7.97. The summed E-state index contributed by atoms with van der Waals surface area (Å²) in [6, 6.07) is 5.82. The Kier molecular flexibility index (Phi) is 5.43. The van der Waals surface area contributed by atoms with Crippen molar-refractivity contribution in [2.45, 2.75) is 45.1 Å². The van der Waals surface area contributed by atoms with Crippen molar-refractivity contribution in [2.75, 3.05) is 32.8 Å². The number of pyridine rings is 1. The van der Waals surface area contributed by atoms with E-state index in [0.717, 1.165) is 57.4 Å². The summed E-state index contributed by atoms with van der Waals surface area (Å²) in [7, 11) is 0. The Balaban J connectivity index is 1.43. The first-order valence-electron chi connectivity index (χ1n) is 10.2. The average molecular weight is 371 g/mol. The molecule has 1 aromatic heterocycles. The van der Waals surface area contributed by atoms with Crippen molar-refractivity contribution >= 4 is 11.8 Å². The molecule has 0 radical (unpaired) electrons. The molecule has 3 saturated heterocycles. The quantitative estimate of drug-likeness (QED) is 0.817. The van der Waals surface area contributed by atoms with Crippen LogP contribution < -0.4 is 0 Å². The molecule has 1 aromatic rings. The number of aromatic nitrogens is 1. The number of piperidine rings is 2. The molecule has 3 aliphatic rings. The van der Waals surface area contributed by atoms with E-state index in [2.05, 4.69) is 9.88 Å². The van der Waals surface area contributed by atoms with E-state index in [1.54, 1.807) is 6.20 Å². The van der Waals surface area contributed by atoms with E-state index in [-0.39, 0.29) is 17.2 Å². The fourth-order valence-electron chi connectivity index (χ4n) is 4.87. The SMILES string of the molecule is O=C1CCC2(CCCN(C(=O)C3CCOCC3)C2)CN1Cc1ccccn1. The third-order valence-electron chi connectivity index (χ3n) is 6.37. The van der Waals surface area contributed by atoms with Gasteiger partial charge in [0.25, 0.3) is 0 Å². The molecule has 1 atom stereocenters. The summed E-state index contributed by atoms with van der Waals surface area (Å²) in [6.45, 7) is 4.33. The number of nitrogens with zero attached hydrogens (tertiary/aromatic N) is 3. The zero-order valence-electron chi connectivity index (χ0n) is 15.9. The van der Waals surface area contributed by atoms with Crippen molar-refractivity contribution < 1.29 is 14.3 Å². The number of hydrogen-bond donors (Lipinski definition) is 0. The fourth-order valence-corrected chi connectivity index (χ4v) is 4.87. The van der Waals surface area contributed by atoms with Crippen molar-refractivity contribution in [3.8, 4) is 0 Å². The van der Waals surface area contributed by atoms with Gasteiger partial charge in [-0.3, -0.25) is 14.6 Å². The molecular formula is C21H29N3O3. The average Bonchev–Trinajstić information content (AvgIpc) is 2.72. The van der Waals surface area contributed by atoms with Crippen LogP contribution in [-0.4, -0.2) is 59.4 Å². The van der Waals surface area contributed by atoms with Crippen LogP contribution in [-0.2, 0) is 20.9 Å². The fraction of sp³-hybridized carbons (Fsp3) is 0.667. The molecule has 0 saturated carbocycles. The van der Waals surface area contributed by atoms with Gasteiger partial charge in [-0.25, -0.2) is 0 Å². The van der Waals surface area contributed by atoms with E-state index < -0.39 is 0 Å². The number of ether oxygens (including phenoxy) is 1. The van der Waals surface area contributed by atoms with Gasteiger partial charge in [-0.2, -0.15) is 0 Å². The number of amides is 2. The third-order valence-corrected chi connectivity index (χ3v) is 6.37. The number of carbonyl (C=O) groups excluding carboxylic acids is 2. The first-order valence-corrected chi connectivity index (χ1v) is 10.2. The molecule has 27 heavy (non-hydrogen) atoms. The molecule has 0 bridgehead atoms. The molecular weight excluding hydrogens is 342 g/mol. The van der Waals surface area contributed by atoms with E-state index in [0.29, 0.717) is 32.1 Å². The normalized spacial score (nSPS) is 27.2. The minimum absolute atomic E-state index is 0.0434. The van der Waals surface area contributed by atoms with E-state index in [4.69, 9.17) is 4.74 Å². The summed E-state index contributed by atoms with van der Waals surface area (Å²) in [5.74, 6) is 0.619. The summed E-state index contributed by atoms with van der Waals surface area (Å²) in [5.41, 5.74) is 0.968. The van der Waals surface area contributed by atoms with Crippen LogP contribution in [0.4, 0.5) is 0 Å². The standard InChI is InChI=1S/C21H29N3O3/c25-19-5-9-21(16-24(19)14-18-4-1-2-10-22-18)8-3-11-23(15-21)20(26)17-6-12-27-13-7-17/h1-2,4,10,17H,3,5-9,11-16H2. The van der Waals surface area contributed by atoms with Gasteiger partial charge < -0.3 is 14.5 Å². The topological polar surface area (TPSA) is 62.7 Å². The smallest absolute Gasteiger partial charge is 0.225 e. The van der Waals surface area contributed by atoms with Crippen LogP contribution in [0.2, 0.25) is 0 Å². The molecule has 0 N–H and O–H groups in total. The molecule has 3 aliphatic heterocycles. The summed E-state index contributed by atoms with van der Waals surface area (Å²) in [6.07, 6.45) is 7.04. The van der Waals surface area contributed by atoms with Crippen molar-refractivity contribution in [1.29, 1.82) is 0 Å². The van der Waals surface area contributed by atoms with Crippen LogP contribution in [0.25, 0.3) is 0 Å². The molecule has 6 heteroatoms. The molecule has 4 rings (SSSR count). The van der Waals surface area contributed by atoms with E-state index in [9.17, 15) is 9.59 Å². The van der Waals surface area contributed by atoms with Gasteiger partial charge in [-0.05, 0) is 44.2 Å². The lowest BCUT2D eigenvalue weighted by molar-refractivity contribution is -0.147. The maximum Gasteiger partial charge on any atom is 0.225 e. The summed E-state index contributed by atoms with van der Waals surface area (Å²) in [4.78, 5) is 33.9. The third kappa shape index (κ3) is 4.15. The zero-order valence-corrected chi connectivity index (χ0v) is 15.9. The van der Waals surface area contributed by atoms with E-state index in [1.165, 1.54) is 0 Å². The Morgan fingerprint density at radius 1 is 1.22 bits per heavy atom. The second-order valence-electron chi connectivity index (χ2n) is 8.32. The lowest BCUT2D eigenvalue weighted by Gasteiger charge is -2.48. The van der Waals surface area contributed by atoms with Gasteiger partial charge >= 0.3 is 0 Å². The lowest BCUT2D eigenvalue weighted by Crippen LogP contribution is -2.55. The number of rotatable bonds is 3. The van der Waals surface area contributed by atoms with Crippen LogP contribution in [0.1, 0.15) is 44.2 Å². The minimum atomic E-state index is 0.0434. The maximum atomic E-state index is 13.0. The minimum Gasteiger partial charge on any atom is -0.381 e. The van der Waals surface area contributed by atoms with Gasteiger partial charge in [0, 0.05) is 56.8 Å². The molecule has 146 valence electrons. The maximum absolute atomic E-state index is 13.0. The van der Waals surface area contributed by atoms with Gasteiger partial charge in [0.05, 0.1) is 12.2 Å². The monoisotopic (exact) mass is 371 g/mol.